The number of aliphatic imine (C=N–C) groups is 1. The Labute approximate surface area is 230 Å². The van der Waals surface area contributed by atoms with Gasteiger partial charge in [0.05, 0.1) is 5.69 Å². The van der Waals surface area contributed by atoms with Crippen LogP contribution in [-0.2, 0) is 6.54 Å². The van der Waals surface area contributed by atoms with Crippen LogP contribution in [-0.4, -0.2) is 35.6 Å². The Balaban J connectivity index is 0.00000172. The second-order valence-corrected chi connectivity index (χ2v) is 9.91. The molecule has 0 radical (unpaired) electrons. The number of anilines is 1. The molecule has 2 aliphatic rings. The fourth-order valence-electron chi connectivity index (χ4n) is 4.44. The number of allylic oxidation sites excluding steroid dienone is 2. The molecule has 1 aromatic rings. The first-order valence-electron chi connectivity index (χ1n) is 13.9. The van der Waals surface area contributed by atoms with E-state index in [0.717, 1.165) is 47.0 Å². The topological polar surface area (TPSA) is 71.9 Å². The van der Waals surface area contributed by atoms with Gasteiger partial charge in [-0.1, -0.05) is 74.1 Å². The lowest BCUT2D eigenvalue weighted by atomic mass is 9.85. The zero-order chi connectivity index (χ0) is 29.0. The first-order valence-corrected chi connectivity index (χ1v) is 13.9. The maximum absolute atomic E-state index is 13.6. The first-order chi connectivity index (χ1) is 18.0. The second kappa shape index (κ2) is 15.3. The van der Waals surface area contributed by atoms with Gasteiger partial charge in [0.1, 0.15) is 11.8 Å². The quantitative estimate of drug-likeness (QED) is 0.195. The molecule has 1 unspecified atom stereocenters. The summed E-state index contributed by atoms with van der Waals surface area (Å²) < 4.78 is 13.6. The summed E-state index contributed by atoms with van der Waals surface area (Å²) in [4.78, 5) is 6.87. The molecule has 0 aliphatic carbocycles. The van der Waals surface area contributed by atoms with Gasteiger partial charge in [-0.05, 0) is 54.5 Å². The van der Waals surface area contributed by atoms with Gasteiger partial charge >= 0.3 is 0 Å². The fraction of sp³-hybridized carbons (Fsp3) is 0.516. The van der Waals surface area contributed by atoms with E-state index in [-0.39, 0.29) is 11.2 Å². The highest BCUT2D eigenvalue weighted by molar-refractivity contribution is 6.06. The average Bonchev–Trinajstić information content (AvgIpc) is 2.88. The van der Waals surface area contributed by atoms with Crippen LogP contribution in [0.1, 0.15) is 84.4 Å². The predicted octanol–water partition coefficient (Wildman–Crippen LogP) is 7.78. The largest absolute Gasteiger partial charge is 0.510 e. The molecule has 6 nitrogen and oxygen atoms in total. The number of nitrogens with zero attached hydrogens (tertiary/aromatic N) is 2. The van der Waals surface area contributed by atoms with Crippen molar-refractivity contribution in [2.45, 2.75) is 87.2 Å². The van der Waals surface area contributed by atoms with E-state index in [2.05, 4.69) is 62.0 Å². The Morgan fingerprint density at radius 2 is 1.84 bits per heavy atom. The van der Waals surface area contributed by atoms with Crippen molar-refractivity contribution in [2.75, 3.05) is 18.9 Å². The number of benzene rings is 1. The summed E-state index contributed by atoms with van der Waals surface area (Å²) in [6.07, 6.45) is 6.30. The Morgan fingerprint density at radius 3 is 2.45 bits per heavy atom. The Kier molecular flexibility index (Phi) is 13.2. The summed E-state index contributed by atoms with van der Waals surface area (Å²) in [7, 11) is 1.98. The highest BCUT2D eigenvalue weighted by atomic mass is 19.1. The van der Waals surface area contributed by atoms with E-state index in [1.807, 2.05) is 46.6 Å². The third kappa shape index (κ3) is 8.67. The van der Waals surface area contributed by atoms with Crippen molar-refractivity contribution in [3.63, 3.8) is 0 Å². The molecule has 0 saturated carbocycles. The second-order valence-electron chi connectivity index (χ2n) is 9.91. The molecule has 0 fully saturated rings. The van der Waals surface area contributed by atoms with E-state index < -0.39 is 12.0 Å². The highest BCUT2D eigenvalue weighted by Crippen LogP contribution is 2.35. The molecule has 0 aromatic heterocycles. The maximum atomic E-state index is 13.6. The van der Waals surface area contributed by atoms with Crippen molar-refractivity contribution < 1.29 is 9.50 Å². The van der Waals surface area contributed by atoms with Gasteiger partial charge in [-0.15, -0.1) is 0 Å². The summed E-state index contributed by atoms with van der Waals surface area (Å²) >= 11 is 0. The molecular formula is C31H50FN5O. The molecule has 2 heterocycles. The third-order valence-corrected chi connectivity index (χ3v) is 6.43. The molecule has 0 spiro atoms. The molecule has 212 valence electrons. The Hall–Kier alpha value is -3.22. The van der Waals surface area contributed by atoms with E-state index in [9.17, 15) is 9.50 Å². The van der Waals surface area contributed by atoms with E-state index in [1.54, 1.807) is 6.08 Å². The van der Waals surface area contributed by atoms with E-state index >= 15 is 0 Å². The lowest BCUT2D eigenvalue weighted by Gasteiger charge is -2.34. The van der Waals surface area contributed by atoms with Crippen LogP contribution in [0.2, 0.25) is 0 Å². The number of rotatable bonds is 9. The van der Waals surface area contributed by atoms with Gasteiger partial charge in [0.15, 0.2) is 5.95 Å². The minimum absolute atomic E-state index is 0.151. The summed E-state index contributed by atoms with van der Waals surface area (Å²) in [6.45, 7) is 25.9. The molecule has 1 aromatic carbocycles. The number of nitrogens with one attached hydrogen (secondary N) is 3. The number of halogens is 1. The smallest absolute Gasteiger partial charge is 0.202 e. The van der Waals surface area contributed by atoms with Crippen LogP contribution in [0, 0.1) is 12.3 Å². The van der Waals surface area contributed by atoms with E-state index in [4.69, 9.17) is 4.99 Å². The van der Waals surface area contributed by atoms with Gasteiger partial charge in [0.25, 0.3) is 0 Å². The Morgan fingerprint density at radius 1 is 1.18 bits per heavy atom. The lowest BCUT2D eigenvalue weighted by Crippen LogP contribution is -2.39. The number of aryl methyl sites for hydroxylation is 1. The molecule has 0 bridgehead atoms. The van der Waals surface area contributed by atoms with Crippen LogP contribution in [0.25, 0.3) is 5.70 Å². The monoisotopic (exact) mass is 527 g/mol. The fourth-order valence-corrected chi connectivity index (χ4v) is 4.44. The maximum Gasteiger partial charge on any atom is 0.202 e. The number of hydrogen-bond donors (Lipinski definition) is 4. The number of fused-ring (bicyclic) bond motifs is 1. The number of aliphatic hydroxyl groups excluding tert-OH is 1. The van der Waals surface area contributed by atoms with Crippen LogP contribution >= 0.6 is 0 Å². The molecule has 0 amide bonds. The van der Waals surface area contributed by atoms with Crippen molar-refractivity contribution >= 4 is 17.3 Å². The molecule has 0 saturated heterocycles. The average molecular weight is 528 g/mol. The van der Waals surface area contributed by atoms with Gasteiger partial charge in [-0.2, -0.15) is 4.39 Å². The standard InChI is InChI=1S/C27H38FN5O.2C2H6/c1-8-11-27(5,6)12-13-29-26-32-25-20(14-17(2)15-21(25)18(3)33(26)7)16-30-22-9-10-23(28)31-24(22)19(4)34;2*1-2/h9-10,14-15,24,30-31,34H,3-4,8,11-13,16H2,1-2,5-7H3,(H,29,32);2*1-2H3. The minimum atomic E-state index is -0.719. The molecule has 7 heteroatoms. The molecular weight excluding hydrogens is 477 g/mol. The normalized spacial score (nSPS) is 17.4. The SMILES string of the molecule is C=C(O)C1NC(F)=CC=C1NCc1cc(C)cc2c1NC(=NCCC(C)(C)CCC)N(C)C2=C.CC.CC. The zero-order valence-electron chi connectivity index (χ0n) is 25.1. The molecule has 3 rings (SSSR count). The van der Waals surface area contributed by atoms with E-state index in [0.29, 0.717) is 12.2 Å². The summed E-state index contributed by atoms with van der Waals surface area (Å²) in [6, 6.07) is 3.50. The van der Waals surface area contributed by atoms with Crippen LogP contribution in [0.15, 0.2) is 59.8 Å². The van der Waals surface area contributed by atoms with Crippen molar-refractivity contribution in [3.05, 3.63) is 71.5 Å². The van der Waals surface area contributed by atoms with Crippen LogP contribution in [0.5, 0.6) is 0 Å². The predicted molar refractivity (Wildman–Crippen MR) is 163 cm³/mol. The van der Waals surface area contributed by atoms with Crippen LogP contribution < -0.4 is 16.0 Å². The number of guanidine groups is 1. The lowest BCUT2D eigenvalue weighted by molar-refractivity contribution is 0.310. The number of aliphatic hydroxyl groups is 1. The molecule has 2 aliphatic heterocycles. The van der Waals surface area contributed by atoms with Gasteiger partial charge in [0.2, 0.25) is 5.96 Å². The van der Waals surface area contributed by atoms with Crippen LogP contribution in [0.3, 0.4) is 0 Å². The molecule has 4 N–H and O–H groups in total. The number of dihydropyridines is 1. The minimum Gasteiger partial charge on any atom is -0.510 e. The highest BCUT2D eigenvalue weighted by Gasteiger charge is 2.26. The van der Waals surface area contributed by atoms with Gasteiger partial charge in [-0.25, -0.2) is 0 Å². The van der Waals surface area contributed by atoms with Gasteiger partial charge in [-0.3, -0.25) is 4.99 Å². The van der Waals surface area contributed by atoms with Crippen molar-refractivity contribution in [1.82, 2.24) is 15.5 Å². The first kappa shape index (κ1) is 32.8. The third-order valence-electron chi connectivity index (χ3n) is 6.43. The summed E-state index contributed by atoms with van der Waals surface area (Å²) in [5, 5.41) is 19.3. The van der Waals surface area contributed by atoms with Crippen molar-refractivity contribution in [2.24, 2.45) is 10.4 Å². The van der Waals surface area contributed by atoms with E-state index in [1.165, 1.54) is 18.9 Å². The van der Waals surface area contributed by atoms with Crippen molar-refractivity contribution in [3.8, 4) is 0 Å². The summed E-state index contributed by atoms with van der Waals surface area (Å²) in [5.74, 6) is 0.115. The van der Waals surface area contributed by atoms with Crippen molar-refractivity contribution in [1.29, 1.82) is 0 Å². The Bertz CT molecular complexity index is 1050. The van der Waals surface area contributed by atoms with Crippen LogP contribution in [0.4, 0.5) is 10.1 Å². The zero-order valence-corrected chi connectivity index (χ0v) is 25.1. The molecule has 1 atom stereocenters. The molecule has 38 heavy (non-hydrogen) atoms. The van der Waals surface area contributed by atoms with Gasteiger partial charge < -0.3 is 26.0 Å². The number of hydrogen-bond acceptors (Lipinski definition) is 4. The van der Waals surface area contributed by atoms with Gasteiger partial charge in [0, 0.05) is 37.1 Å². The summed E-state index contributed by atoms with van der Waals surface area (Å²) in [5.41, 5.74) is 5.90.